The molecule has 0 amide bonds. The van der Waals surface area contributed by atoms with Gasteiger partial charge in [-0.15, -0.1) is 0 Å². The first kappa shape index (κ1) is 34.5. The summed E-state index contributed by atoms with van der Waals surface area (Å²) in [5.74, 6) is 2.36. The van der Waals surface area contributed by atoms with Crippen LogP contribution >= 0.6 is 0 Å². The summed E-state index contributed by atoms with van der Waals surface area (Å²) in [5.41, 5.74) is 1.73. The molecule has 1 heterocycles. The van der Waals surface area contributed by atoms with E-state index >= 15 is 0 Å². The van der Waals surface area contributed by atoms with Crippen molar-refractivity contribution in [3.05, 3.63) is 35.6 Å². The fourth-order valence-corrected chi connectivity index (χ4v) is 13.5. The predicted octanol–water partition coefficient (Wildman–Crippen LogP) is 9.04. The Balaban J connectivity index is 2.20. The molecule has 238 valence electrons. The molecule has 0 saturated heterocycles. The van der Waals surface area contributed by atoms with Crippen molar-refractivity contribution in [1.82, 2.24) is 4.90 Å². The number of rotatable bonds is 15. The third-order valence-corrected chi connectivity index (χ3v) is 16.2. The van der Waals surface area contributed by atoms with Gasteiger partial charge >= 0.3 is 5.97 Å². The molecular weight excluding hydrogens is 542 g/mol. The molecule has 6 nitrogen and oxygen atoms in total. The van der Waals surface area contributed by atoms with E-state index < -0.39 is 13.9 Å². The lowest BCUT2D eigenvalue weighted by molar-refractivity contribution is -0.167. The summed E-state index contributed by atoms with van der Waals surface area (Å²) < 4.78 is 24.4. The monoisotopic (exact) mass is 601 g/mol. The van der Waals surface area contributed by atoms with Crippen LogP contribution in [-0.2, 0) is 20.5 Å². The molecular formula is C35H59NO5Si. The number of hydrogen-bond acceptors (Lipinski definition) is 6. The molecule has 0 aromatic heterocycles. The minimum atomic E-state index is -2.23. The average molecular weight is 602 g/mol. The number of fused-ring (bicyclic) bond motifs is 1. The van der Waals surface area contributed by atoms with Crippen molar-refractivity contribution in [2.24, 2.45) is 5.92 Å². The van der Waals surface area contributed by atoms with E-state index in [1.807, 2.05) is 6.07 Å². The molecule has 1 aromatic carbocycles. The highest BCUT2D eigenvalue weighted by Crippen LogP contribution is 2.52. The number of hydrogen-bond donors (Lipinski definition) is 0. The van der Waals surface area contributed by atoms with Gasteiger partial charge in [0.15, 0.2) is 11.5 Å². The third-order valence-electron chi connectivity index (χ3n) is 10.2. The summed E-state index contributed by atoms with van der Waals surface area (Å²) in [4.78, 5) is 16.7. The molecule has 0 bridgehead atoms. The summed E-state index contributed by atoms with van der Waals surface area (Å²) in [6.07, 6.45) is 12.0. The molecule has 42 heavy (non-hydrogen) atoms. The lowest BCUT2D eigenvalue weighted by Crippen LogP contribution is -2.66. The van der Waals surface area contributed by atoms with Gasteiger partial charge in [-0.2, -0.15) is 0 Å². The maximum absolute atomic E-state index is 14.2. The molecule has 1 aromatic rings. The van der Waals surface area contributed by atoms with Crippen molar-refractivity contribution < 1.29 is 23.4 Å². The van der Waals surface area contributed by atoms with Crippen LogP contribution in [-0.4, -0.2) is 52.1 Å². The van der Waals surface area contributed by atoms with Crippen LogP contribution in [0.15, 0.2) is 30.0 Å². The van der Waals surface area contributed by atoms with Gasteiger partial charge in [-0.05, 0) is 59.7 Å². The molecule has 1 saturated carbocycles. The van der Waals surface area contributed by atoms with Crippen molar-refractivity contribution in [2.45, 2.75) is 141 Å². The molecule has 0 N–H and O–H groups in total. The molecule has 1 fully saturated rings. The van der Waals surface area contributed by atoms with E-state index in [0.29, 0.717) is 34.7 Å². The quantitative estimate of drug-likeness (QED) is 0.114. The van der Waals surface area contributed by atoms with Gasteiger partial charge < -0.3 is 18.6 Å². The summed E-state index contributed by atoms with van der Waals surface area (Å²) in [5, 5.41) is 0. The first-order valence-corrected chi connectivity index (χ1v) is 18.6. The highest BCUT2D eigenvalue weighted by atomic mass is 28.4. The Hall–Kier alpha value is -1.99. The Kier molecular flexibility index (Phi) is 12.4. The molecule has 1 aliphatic heterocycles. The number of ether oxygens (including phenoxy) is 3. The summed E-state index contributed by atoms with van der Waals surface area (Å²) in [6.45, 7) is 16.9. The first-order valence-electron chi connectivity index (χ1n) is 16.5. The van der Waals surface area contributed by atoms with E-state index in [1.54, 1.807) is 21.3 Å². The Morgan fingerprint density at radius 2 is 1.62 bits per heavy atom. The molecule has 1 aliphatic carbocycles. The molecule has 3 rings (SSSR count). The van der Waals surface area contributed by atoms with Crippen LogP contribution < -0.4 is 9.47 Å². The van der Waals surface area contributed by atoms with E-state index in [4.69, 9.17) is 18.6 Å². The maximum Gasteiger partial charge on any atom is 0.327 e. The SMILES string of the molecule is CCCCCC[C@@H]1C=C(O[Si](C(C)C)(C(C)C)C(C)C)[C@H]2CCCC[C@@]2(C(=O)OC)N1Cc1ccc(OC)c(OC)c1. The van der Waals surface area contributed by atoms with Crippen molar-refractivity contribution in [3.63, 3.8) is 0 Å². The Labute approximate surface area is 257 Å². The number of methoxy groups -OCH3 is 3. The van der Waals surface area contributed by atoms with Crippen LogP contribution in [0.2, 0.25) is 16.6 Å². The highest BCUT2D eigenvalue weighted by Gasteiger charge is 2.59. The van der Waals surface area contributed by atoms with Crippen molar-refractivity contribution in [2.75, 3.05) is 21.3 Å². The first-order chi connectivity index (χ1) is 20.0. The maximum atomic E-state index is 14.2. The molecule has 0 spiro atoms. The third kappa shape index (κ3) is 6.72. The normalized spacial score (nSPS) is 23.1. The zero-order chi connectivity index (χ0) is 31.1. The van der Waals surface area contributed by atoms with Crippen LogP contribution in [0.4, 0.5) is 0 Å². The number of benzene rings is 1. The Morgan fingerprint density at radius 3 is 2.19 bits per heavy atom. The van der Waals surface area contributed by atoms with E-state index in [-0.39, 0.29) is 17.9 Å². The lowest BCUT2D eigenvalue weighted by atomic mass is 9.67. The Morgan fingerprint density at radius 1 is 0.952 bits per heavy atom. The smallest absolute Gasteiger partial charge is 0.327 e. The summed E-state index contributed by atoms with van der Waals surface area (Å²) in [6, 6.07) is 6.20. The van der Waals surface area contributed by atoms with Crippen LogP contribution in [0, 0.1) is 5.92 Å². The van der Waals surface area contributed by atoms with Crippen molar-refractivity contribution in [1.29, 1.82) is 0 Å². The second-order valence-corrected chi connectivity index (χ2v) is 18.8. The Bertz CT molecular complexity index is 1030. The van der Waals surface area contributed by atoms with E-state index in [0.717, 1.165) is 49.8 Å². The lowest BCUT2D eigenvalue weighted by Gasteiger charge is -2.56. The minimum absolute atomic E-state index is 0.0196. The van der Waals surface area contributed by atoms with Gasteiger partial charge in [-0.1, -0.05) is 93.1 Å². The van der Waals surface area contributed by atoms with Gasteiger partial charge in [0.25, 0.3) is 8.32 Å². The fraction of sp³-hybridized carbons (Fsp3) is 0.743. The van der Waals surface area contributed by atoms with Crippen molar-refractivity contribution >= 4 is 14.3 Å². The van der Waals surface area contributed by atoms with Gasteiger partial charge in [0.1, 0.15) is 5.54 Å². The van der Waals surface area contributed by atoms with Crippen LogP contribution in [0.5, 0.6) is 11.5 Å². The van der Waals surface area contributed by atoms with Gasteiger partial charge in [0, 0.05) is 18.5 Å². The number of esters is 1. The van der Waals surface area contributed by atoms with Gasteiger partial charge in [-0.25, -0.2) is 0 Å². The summed E-state index contributed by atoms with van der Waals surface area (Å²) >= 11 is 0. The van der Waals surface area contributed by atoms with Gasteiger partial charge in [-0.3, -0.25) is 9.69 Å². The molecule has 0 unspecified atom stereocenters. The molecule has 2 aliphatic rings. The average Bonchev–Trinajstić information content (AvgIpc) is 2.98. The zero-order valence-corrected chi connectivity index (χ0v) is 29.3. The van der Waals surface area contributed by atoms with E-state index in [1.165, 1.54) is 19.3 Å². The fourth-order valence-electron chi connectivity index (χ4n) is 8.22. The largest absolute Gasteiger partial charge is 0.546 e. The number of nitrogens with zero attached hydrogens (tertiary/aromatic N) is 1. The predicted molar refractivity (Wildman–Crippen MR) is 175 cm³/mol. The standard InChI is InChI=1S/C35H59NO5Si/c1-11-12-13-14-17-29-23-32(41-42(25(2)3,26(4)5)27(6)7)30-18-15-16-21-35(30,34(37)40-10)36(29)24-28-19-20-31(38-8)33(22-28)39-9/h19-20,22-23,25-27,29-30H,11-18,21,24H2,1-10H3/t29-,30-,35-/m1/s1. The van der Waals surface area contributed by atoms with E-state index in [9.17, 15) is 4.79 Å². The number of carbonyl (C=O) groups excluding carboxylic acids is 1. The molecule has 7 heteroatoms. The van der Waals surface area contributed by atoms with Crippen LogP contribution in [0.25, 0.3) is 0 Å². The zero-order valence-electron chi connectivity index (χ0n) is 28.3. The molecule has 3 atom stereocenters. The second kappa shape index (κ2) is 15.1. The topological polar surface area (TPSA) is 57.2 Å². The van der Waals surface area contributed by atoms with Gasteiger partial charge in [0.05, 0.1) is 27.1 Å². The number of carbonyl (C=O) groups is 1. The van der Waals surface area contributed by atoms with Crippen molar-refractivity contribution in [3.8, 4) is 11.5 Å². The number of unbranched alkanes of at least 4 members (excludes halogenated alkanes) is 3. The minimum Gasteiger partial charge on any atom is -0.546 e. The molecule has 0 radical (unpaired) electrons. The van der Waals surface area contributed by atoms with E-state index in [2.05, 4.69) is 71.6 Å². The van der Waals surface area contributed by atoms with Crippen LogP contribution in [0.3, 0.4) is 0 Å². The summed E-state index contributed by atoms with van der Waals surface area (Å²) in [7, 11) is 2.66. The highest BCUT2D eigenvalue weighted by molar-refractivity contribution is 6.77. The van der Waals surface area contributed by atoms with Crippen LogP contribution in [0.1, 0.15) is 112 Å². The van der Waals surface area contributed by atoms with Gasteiger partial charge in [0.2, 0.25) is 0 Å². The second-order valence-electron chi connectivity index (χ2n) is 13.4.